The normalized spacial score (nSPS) is 30.9. The van der Waals surface area contributed by atoms with Gasteiger partial charge in [-0.15, -0.1) is 0 Å². The Hall–Kier alpha value is 0.184. The highest BCUT2D eigenvalue weighted by Crippen LogP contribution is 2.23. The van der Waals surface area contributed by atoms with Crippen molar-refractivity contribution >= 4 is 17.6 Å². The van der Waals surface area contributed by atoms with Crippen molar-refractivity contribution < 1.29 is 17.6 Å². The smallest absolute Gasteiger partial charge is 0.358 e. The number of rotatable bonds is 0. The van der Waals surface area contributed by atoms with Crippen molar-refractivity contribution in [2.45, 2.75) is 18.3 Å². The van der Waals surface area contributed by atoms with Gasteiger partial charge in [0.15, 0.2) is 17.6 Å². The van der Waals surface area contributed by atoms with E-state index in [0.717, 1.165) is 0 Å². The summed E-state index contributed by atoms with van der Waals surface area (Å²) in [6.07, 6.45) is 0.628. The van der Waals surface area contributed by atoms with Gasteiger partial charge >= 0.3 is 5.80 Å². The first kappa shape index (κ1) is 8.28. The number of hydrogen-bond acceptors (Lipinski definition) is 1. The van der Waals surface area contributed by atoms with E-state index in [4.69, 9.17) is 4.43 Å². The summed E-state index contributed by atoms with van der Waals surface area (Å²) < 4.78 is 40.8. The van der Waals surface area contributed by atoms with Gasteiger partial charge in [0.2, 0.25) is 0 Å². The Morgan fingerprint density at radius 3 is 2.40 bits per heavy atom. The zero-order valence-electron chi connectivity index (χ0n) is 5.45. The summed E-state index contributed by atoms with van der Waals surface area (Å²) in [5.41, 5.74) is 0. The second-order valence-electron chi connectivity index (χ2n) is 2.46. The maximum absolute atomic E-state index is 12.0. The molecule has 0 bridgehead atoms. The van der Waals surface area contributed by atoms with Crippen LogP contribution < -0.4 is 0 Å². The van der Waals surface area contributed by atoms with Crippen LogP contribution in [0.25, 0.3) is 0 Å². The van der Waals surface area contributed by atoms with Crippen molar-refractivity contribution in [1.82, 2.24) is 0 Å². The minimum Gasteiger partial charge on any atom is -0.427 e. The molecule has 1 fully saturated rings. The lowest BCUT2D eigenvalue weighted by Gasteiger charge is -2.21. The molecule has 0 aliphatic carbocycles. The van der Waals surface area contributed by atoms with Crippen molar-refractivity contribution in [2.24, 2.45) is 0 Å². The fourth-order valence-corrected chi connectivity index (χ4v) is 6.28. The summed E-state index contributed by atoms with van der Waals surface area (Å²) in [6.45, 7) is 0.575. The molecular weight excluding hydrogens is 177 g/mol. The van der Waals surface area contributed by atoms with Crippen molar-refractivity contribution in [3.63, 3.8) is 0 Å². The number of halogens is 3. The van der Waals surface area contributed by atoms with E-state index in [-0.39, 0.29) is 0 Å². The first-order chi connectivity index (χ1) is 4.61. The SMILES string of the molecule is FC(F)(F)[SiH]1CCCO[SiH2]1. The molecule has 1 aliphatic heterocycles. The van der Waals surface area contributed by atoms with Crippen molar-refractivity contribution in [1.29, 1.82) is 0 Å². The molecular formula is C4H9F3OSi2. The van der Waals surface area contributed by atoms with Crippen LogP contribution in [0, 0.1) is 0 Å². The summed E-state index contributed by atoms with van der Waals surface area (Å²) in [7, 11) is -3.57. The third kappa shape index (κ3) is 2.10. The molecule has 1 aliphatic rings. The van der Waals surface area contributed by atoms with E-state index in [1.165, 1.54) is 0 Å². The Morgan fingerprint density at radius 2 is 2.10 bits per heavy atom. The van der Waals surface area contributed by atoms with Gasteiger partial charge in [-0.1, -0.05) is 0 Å². The molecule has 60 valence electrons. The average molecular weight is 186 g/mol. The maximum Gasteiger partial charge on any atom is 0.358 e. The minimum absolute atomic E-state index is 0.426. The van der Waals surface area contributed by atoms with E-state index in [1.54, 1.807) is 0 Å². The van der Waals surface area contributed by atoms with Crippen LogP contribution in [-0.4, -0.2) is 30.0 Å². The predicted octanol–water partition coefficient (Wildman–Crippen LogP) is 0.316. The molecule has 6 heteroatoms. The Balaban J connectivity index is 2.39. The van der Waals surface area contributed by atoms with E-state index in [1.807, 2.05) is 0 Å². The molecule has 0 aromatic heterocycles. The summed E-state index contributed by atoms with van der Waals surface area (Å²) in [6, 6.07) is 0.426. The molecule has 1 nitrogen and oxygen atoms in total. The van der Waals surface area contributed by atoms with Gasteiger partial charge in [-0.2, -0.15) is 13.2 Å². The van der Waals surface area contributed by atoms with Crippen LogP contribution in [0.15, 0.2) is 0 Å². The second-order valence-corrected chi connectivity index (χ2v) is 9.78. The molecule has 1 unspecified atom stereocenters. The standard InChI is InChI=1S/C4H9F3OSi2/c5-4(6,7)10-3-1-2-8-9-10/h10H,1-3,9H2. The van der Waals surface area contributed by atoms with E-state index in [9.17, 15) is 13.2 Å². The van der Waals surface area contributed by atoms with Gasteiger partial charge in [-0.25, -0.2) is 0 Å². The monoisotopic (exact) mass is 186 g/mol. The fourth-order valence-electron chi connectivity index (χ4n) is 0.999. The van der Waals surface area contributed by atoms with E-state index in [2.05, 4.69) is 0 Å². The first-order valence-corrected chi connectivity index (χ1v) is 8.49. The quantitative estimate of drug-likeness (QED) is 0.495. The highest BCUT2D eigenvalue weighted by Gasteiger charge is 2.42. The molecule has 1 rings (SSSR count). The minimum atomic E-state index is -3.85. The molecule has 1 atom stereocenters. The Kier molecular flexibility index (Phi) is 2.53. The van der Waals surface area contributed by atoms with E-state index >= 15 is 0 Å². The number of alkyl halides is 3. The van der Waals surface area contributed by atoms with Gasteiger partial charge in [-0.05, 0) is 12.5 Å². The lowest BCUT2D eigenvalue weighted by molar-refractivity contribution is -0.0503. The largest absolute Gasteiger partial charge is 0.427 e. The summed E-state index contributed by atoms with van der Waals surface area (Å²) in [5, 5.41) is 0. The number of hydrogen-bond donors (Lipinski definition) is 0. The Labute approximate surface area is 60.9 Å². The summed E-state index contributed by atoms with van der Waals surface area (Å²) in [4.78, 5) is 0. The molecule has 0 N–H and O–H groups in total. The summed E-state index contributed by atoms with van der Waals surface area (Å²) >= 11 is 0. The van der Waals surface area contributed by atoms with Gasteiger partial charge in [-0.3, -0.25) is 0 Å². The lowest BCUT2D eigenvalue weighted by atomic mass is 10.5. The van der Waals surface area contributed by atoms with Crippen LogP contribution in [0.1, 0.15) is 6.42 Å². The molecule has 0 aromatic rings. The fraction of sp³-hybridized carbons (Fsp3) is 1.00. The highest BCUT2D eigenvalue weighted by atomic mass is 29.2. The third-order valence-corrected chi connectivity index (χ3v) is 9.11. The van der Waals surface area contributed by atoms with Gasteiger partial charge in [0.25, 0.3) is 0 Å². The molecule has 0 saturated carbocycles. The Morgan fingerprint density at radius 1 is 1.40 bits per heavy atom. The third-order valence-electron chi connectivity index (χ3n) is 1.62. The molecule has 0 radical (unpaired) electrons. The topological polar surface area (TPSA) is 9.23 Å². The van der Waals surface area contributed by atoms with Crippen LogP contribution in [0.5, 0.6) is 0 Å². The lowest BCUT2D eigenvalue weighted by Crippen LogP contribution is -2.43. The zero-order valence-corrected chi connectivity index (χ0v) is 8.02. The highest BCUT2D eigenvalue weighted by molar-refractivity contribution is 7.11. The van der Waals surface area contributed by atoms with Crippen molar-refractivity contribution in [3.8, 4) is 0 Å². The summed E-state index contributed by atoms with van der Waals surface area (Å²) in [5.74, 6) is -3.85. The van der Waals surface area contributed by atoms with Crippen LogP contribution in [0.4, 0.5) is 13.2 Å². The average Bonchev–Trinajstić information content (AvgIpc) is 1.88. The molecule has 1 heterocycles. The van der Waals surface area contributed by atoms with Gasteiger partial charge < -0.3 is 4.43 Å². The van der Waals surface area contributed by atoms with Crippen molar-refractivity contribution in [2.75, 3.05) is 6.61 Å². The molecule has 0 spiro atoms. The zero-order chi connectivity index (χ0) is 7.61. The van der Waals surface area contributed by atoms with E-state index < -0.39 is 23.4 Å². The molecule has 1 saturated heterocycles. The molecule has 10 heavy (non-hydrogen) atoms. The first-order valence-electron chi connectivity index (χ1n) is 3.25. The van der Waals surface area contributed by atoms with E-state index in [0.29, 0.717) is 19.1 Å². The van der Waals surface area contributed by atoms with Crippen molar-refractivity contribution in [3.05, 3.63) is 0 Å². The van der Waals surface area contributed by atoms with Crippen LogP contribution >= 0.6 is 0 Å². The van der Waals surface area contributed by atoms with Crippen LogP contribution in [0.3, 0.4) is 0 Å². The second kappa shape index (κ2) is 3.06. The predicted molar refractivity (Wildman–Crippen MR) is 37.1 cm³/mol. The Bertz CT molecular complexity index is 110. The molecule has 0 amide bonds. The van der Waals surface area contributed by atoms with Gasteiger partial charge in [0.05, 0.1) is 0 Å². The van der Waals surface area contributed by atoms with Gasteiger partial charge in [0.1, 0.15) is 0 Å². The van der Waals surface area contributed by atoms with Crippen LogP contribution in [0.2, 0.25) is 6.04 Å². The maximum atomic E-state index is 12.0. The van der Waals surface area contributed by atoms with Gasteiger partial charge in [0, 0.05) is 6.61 Å². The van der Waals surface area contributed by atoms with Crippen LogP contribution in [-0.2, 0) is 4.43 Å². The molecule has 0 aromatic carbocycles.